The van der Waals surface area contributed by atoms with Crippen LogP contribution >= 0.6 is 0 Å². The van der Waals surface area contributed by atoms with Crippen molar-refractivity contribution >= 4 is 17.1 Å². The van der Waals surface area contributed by atoms with E-state index in [0.29, 0.717) is 0 Å². The SMILES string of the molecule is CCN1/C(=C/C=C2\CCC/C(=C\C=C3\N(CC)c4ccccc4C3(C)C)C2=[N+]2CCOCC2)C(C)(C)c2ccccc21.[I-]. The van der Waals surface area contributed by atoms with Crippen molar-refractivity contribution in [3.8, 4) is 0 Å². The van der Waals surface area contributed by atoms with E-state index >= 15 is 0 Å². The van der Waals surface area contributed by atoms with Crippen LogP contribution in [0.15, 0.2) is 95.4 Å². The summed E-state index contributed by atoms with van der Waals surface area (Å²) >= 11 is 0. The summed E-state index contributed by atoms with van der Waals surface area (Å²) in [7, 11) is 0. The summed E-state index contributed by atoms with van der Waals surface area (Å²) in [5.74, 6) is 0. The topological polar surface area (TPSA) is 18.7 Å². The van der Waals surface area contributed by atoms with Gasteiger partial charge >= 0.3 is 0 Å². The van der Waals surface area contributed by atoms with Gasteiger partial charge in [0.05, 0.1) is 0 Å². The molecular formula is C38H48IN3O. The number of hydrogen-bond donors (Lipinski definition) is 0. The van der Waals surface area contributed by atoms with Gasteiger partial charge in [-0.2, -0.15) is 0 Å². The number of halogens is 1. The van der Waals surface area contributed by atoms with E-state index in [1.54, 1.807) is 0 Å². The minimum absolute atomic E-state index is 0. The van der Waals surface area contributed by atoms with Crippen LogP contribution in [0.25, 0.3) is 0 Å². The molecule has 0 N–H and O–H groups in total. The molecule has 2 fully saturated rings. The lowest BCUT2D eigenvalue weighted by Gasteiger charge is -2.27. The van der Waals surface area contributed by atoms with Crippen LogP contribution in [0.4, 0.5) is 11.4 Å². The van der Waals surface area contributed by atoms with Crippen molar-refractivity contribution in [3.05, 3.63) is 107 Å². The molecule has 0 radical (unpaired) electrons. The number of allylic oxidation sites excluding steroid dienone is 8. The van der Waals surface area contributed by atoms with Crippen LogP contribution in [0, 0.1) is 0 Å². The third kappa shape index (κ3) is 5.56. The largest absolute Gasteiger partial charge is 1.00 e. The highest BCUT2D eigenvalue weighted by atomic mass is 127. The first-order valence-electron chi connectivity index (χ1n) is 16.1. The number of likely N-dealkylation sites (N-methyl/N-ethyl adjacent to an activating group) is 2. The number of fused-ring (bicyclic) bond motifs is 2. The highest BCUT2D eigenvalue weighted by Gasteiger charge is 2.40. The molecule has 4 nitrogen and oxygen atoms in total. The van der Waals surface area contributed by atoms with Crippen molar-refractivity contribution in [3.63, 3.8) is 0 Å². The molecule has 0 bridgehead atoms. The molecule has 4 aliphatic rings. The van der Waals surface area contributed by atoms with E-state index in [1.807, 2.05) is 0 Å². The first kappa shape index (κ1) is 31.8. The van der Waals surface area contributed by atoms with Crippen molar-refractivity contribution < 1.29 is 33.3 Å². The van der Waals surface area contributed by atoms with Crippen LogP contribution < -0.4 is 33.8 Å². The fourth-order valence-electron chi connectivity index (χ4n) is 7.75. The monoisotopic (exact) mass is 689 g/mol. The molecule has 1 aliphatic carbocycles. The van der Waals surface area contributed by atoms with E-state index in [0.717, 1.165) is 52.2 Å². The smallest absolute Gasteiger partial charge is 0.206 e. The van der Waals surface area contributed by atoms with Crippen LogP contribution in [0.5, 0.6) is 0 Å². The number of anilines is 2. The van der Waals surface area contributed by atoms with E-state index in [1.165, 1.54) is 57.2 Å². The molecule has 43 heavy (non-hydrogen) atoms. The Morgan fingerprint density at radius 2 is 1.14 bits per heavy atom. The van der Waals surface area contributed by atoms with Gasteiger partial charge in [0.2, 0.25) is 5.71 Å². The van der Waals surface area contributed by atoms with Gasteiger partial charge in [0.25, 0.3) is 0 Å². The Labute approximate surface area is 276 Å². The predicted octanol–water partition coefficient (Wildman–Crippen LogP) is 4.91. The van der Waals surface area contributed by atoms with E-state index in [-0.39, 0.29) is 34.8 Å². The van der Waals surface area contributed by atoms with Crippen LogP contribution in [-0.2, 0) is 15.6 Å². The van der Waals surface area contributed by atoms with Gasteiger partial charge in [-0.25, -0.2) is 4.58 Å². The van der Waals surface area contributed by atoms with Gasteiger partial charge in [0.1, 0.15) is 13.2 Å². The molecule has 228 valence electrons. The Bertz CT molecular complexity index is 1410. The van der Waals surface area contributed by atoms with E-state index in [4.69, 9.17) is 4.74 Å². The molecule has 2 aromatic carbocycles. The average molecular weight is 690 g/mol. The summed E-state index contributed by atoms with van der Waals surface area (Å²) in [6.07, 6.45) is 13.2. The number of morpholine rings is 1. The molecular weight excluding hydrogens is 641 g/mol. The summed E-state index contributed by atoms with van der Waals surface area (Å²) in [5, 5.41) is 0. The van der Waals surface area contributed by atoms with E-state index < -0.39 is 0 Å². The van der Waals surface area contributed by atoms with Gasteiger partial charge in [0, 0.05) is 57.8 Å². The second-order valence-corrected chi connectivity index (χ2v) is 13.1. The molecule has 1 saturated carbocycles. The molecule has 5 heteroatoms. The van der Waals surface area contributed by atoms with Gasteiger partial charge in [-0.05, 0) is 68.5 Å². The minimum atomic E-state index is -0.0206. The second-order valence-electron chi connectivity index (χ2n) is 13.1. The highest BCUT2D eigenvalue weighted by molar-refractivity contribution is 6.10. The standard InChI is InChI=1S/C38H48N3O.HI/c1-7-40-32-18-11-9-16-30(32)37(3,4)34(40)22-20-28-14-13-15-29(36(28)39-24-26-42-27-25-39)21-23-35-38(5,6)31-17-10-12-19-33(31)41(35)8-2;/h9-12,16-23H,7-8,13-15,24-27H2,1-6H3;1H/q+1;/p-1. The zero-order valence-electron chi connectivity index (χ0n) is 26.9. The number of hydrogen-bond acceptors (Lipinski definition) is 3. The molecule has 0 amide bonds. The van der Waals surface area contributed by atoms with Crippen LogP contribution in [0.1, 0.15) is 71.9 Å². The Hall–Kier alpha value is -2.64. The second kappa shape index (κ2) is 12.8. The number of nitrogens with zero attached hydrogens (tertiary/aromatic N) is 3. The van der Waals surface area contributed by atoms with Crippen LogP contribution in [0.2, 0.25) is 0 Å². The van der Waals surface area contributed by atoms with Gasteiger partial charge in [0.15, 0.2) is 13.1 Å². The Morgan fingerprint density at radius 1 is 0.698 bits per heavy atom. The zero-order chi connectivity index (χ0) is 29.5. The fraction of sp³-hybridized carbons (Fsp3) is 0.447. The average Bonchev–Trinajstić information content (AvgIpc) is 3.37. The fourth-order valence-corrected chi connectivity index (χ4v) is 7.75. The maximum Gasteiger partial charge on any atom is 0.206 e. The zero-order valence-corrected chi connectivity index (χ0v) is 29.1. The van der Waals surface area contributed by atoms with E-state index in [9.17, 15) is 0 Å². The third-order valence-corrected chi connectivity index (χ3v) is 9.94. The lowest BCUT2D eigenvalue weighted by atomic mass is 9.82. The molecule has 0 aromatic heterocycles. The third-order valence-electron chi connectivity index (χ3n) is 9.94. The normalized spacial score (nSPS) is 24.6. The lowest BCUT2D eigenvalue weighted by molar-refractivity contribution is -0.548. The summed E-state index contributed by atoms with van der Waals surface area (Å²) in [6.45, 7) is 19.5. The summed E-state index contributed by atoms with van der Waals surface area (Å²) in [5.41, 5.74) is 12.6. The van der Waals surface area contributed by atoms with Gasteiger partial charge in [-0.1, -0.05) is 76.2 Å². The Balaban J connectivity index is 0.00000368. The molecule has 3 heterocycles. The van der Waals surface area contributed by atoms with E-state index in [2.05, 4.69) is 129 Å². The summed E-state index contributed by atoms with van der Waals surface area (Å²) in [6, 6.07) is 17.8. The summed E-state index contributed by atoms with van der Waals surface area (Å²) < 4.78 is 8.39. The first-order valence-corrected chi connectivity index (χ1v) is 16.1. The number of ether oxygens (including phenoxy) is 1. The van der Waals surface area contributed by atoms with Crippen molar-refractivity contribution in [1.29, 1.82) is 0 Å². The molecule has 3 aliphatic heterocycles. The lowest BCUT2D eigenvalue weighted by Crippen LogP contribution is -3.00. The highest BCUT2D eigenvalue weighted by Crippen LogP contribution is 2.48. The Morgan fingerprint density at radius 3 is 1.58 bits per heavy atom. The molecule has 6 rings (SSSR count). The minimum Gasteiger partial charge on any atom is -1.00 e. The van der Waals surface area contributed by atoms with Gasteiger partial charge in [-0.15, -0.1) is 0 Å². The maximum absolute atomic E-state index is 5.80. The van der Waals surface area contributed by atoms with Crippen LogP contribution in [0.3, 0.4) is 0 Å². The molecule has 0 unspecified atom stereocenters. The molecule has 0 spiro atoms. The Kier molecular flexibility index (Phi) is 9.43. The van der Waals surface area contributed by atoms with Crippen LogP contribution in [-0.4, -0.2) is 49.7 Å². The number of rotatable bonds is 4. The first-order chi connectivity index (χ1) is 20.3. The van der Waals surface area contributed by atoms with Gasteiger partial charge < -0.3 is 38.5 Å². The van der Waals surface area contributed by atoms with Crippen molar-refractivity contribution in [2.24, 2.45) is 0 Å². The van der Waals surface area contributed by atoms with Gasteiger partial charge in [-0.3, -0.25) is 0 Å². The molecule has 1 saturated heterocycles. The quantitative estimate of drug-likeness (QED) is 0.336. The number of para-hydroxylation sites is 2. The van der Waals surface area contributed by atoms with Crippen molar-refractivity contribution in [2.45, 2.75) is 71.6 Å². The molecule has 0 atom stereocenters. The summed E-state index contributed by atoms with van der Waals surface area (Å²) in [4.78, 5) is 5.01. The predicted molar refractivity (Wildman–Crippen MR) is 177 cm³/mol. The number of benzene rings is 2. The maximum atomic E-state index is 5.80. The van der Waals surface area contributed by atoms with Crippen molar-refractivity contribution in [1.82, 2.24) is 0 Å². The molecule has 2 aromatic rings. The van der Waals surface area contributed by atoms with Crippen molar-refractivity contribution in [2.75, 3.05) is 49.2 Å².